The van der Waals surface area contributed by atoms with Gasteiger partial charge in [-0.1, -0.05) is 0 Å². The second-order valence-electron chi connectivity index (χ2n) is 5.27. The Morgan fingerprint density at radius 1 is 1.35 bits per heavy atom. The Labute approximate surface area is 117 Å². The van der Waals surface area contributed by atoms with E-state index < -0.39 is 5.97 Å². The second kappa shape index (κ2) is 5.22. The highest BCUT2D eigenvalue weighted by Gasteiger charge is 2.16. The molecule has 0 bridgehead atoms. The highest BCUT2D eigenvalue weighted by molar-refractivity contribution is 5.94. The third kappa shape index (κ3) is 2.52. The molecule has 0 spiro atoms. The van der Waals surface area contributed by atoms with Gasteiger partial charge in [0.2, 0.25) is 0 Å². The number of hydrogen-bond acceptors (Lipinski definition) is 4. The first-order valence-electron chi connectivity index (χ1n) is 6.74. The van der Waals surface area contributed by atoms with Crippen molar-refractivity contribution in [3.8, 4) is 0 Å². The second-order valence-corrected chi connectivity index (χ2v) is 5.27. The van der Waals surface area contributed by atoms with Crippen LogP contribution in [0, 0.1) is 0 Å². The number of nitrogens with zero attached hydrogens (tertiary/aromatic N) is 4. The van der Waals surface area contributed by atoms with Crippen molar-refractivity contribution >= 4 is 11.6 Å². The van der Waals surface area contributed by atoms with Crippen LogP contribution >= 0.6 is 0 Å². The van der Waals surface area contributed by atoms with Crippen molar-refractivity contribution < 1.29 is 9.90 Å². The summed E-state index contributed by atoms with van der Waals surface area (Å²) in [7, 11) is 2.13. The molecule has 1 aliphatic heterocycles. The van der Waals surface area contributed by atoms with Crippen LogP contribution in [-0.2, 0) is 6.54 Å². The number of rotatable bonds is 3. The van der Waals surface area contributed by atoms with Crippen LogP contribution in [0.2, 0.25) is 0 Å². The van der Waals surface area contributed by atoms with Gasteiger partial charge in [0.05, 0.1) is 5.69 Å². The molecule has 2 aromatic heterocycles. The number of piperazine rings is 1. The van der Waals surface area contributed by atoms with Crippen LogP contribution in [0.25, 0.3) is 5.65 Å². The Morgan fingerprint density at radius 2 is 2.10 bits per heavy atom. The molecule has 20 heavy (non-hydrogen) atoms. The van der Waals surface area contributed by atoms with Crippen molar-refractivity contribution in [3.05, 3.63) is 35.8 Å². The topological polar surface area (TPSA) is 61.1 Å². The van der Waals surface area contributed by atoms with Crippen LogP contribution in [0.4, 0.5) is 0 Å². The molecule has 0 aromatic carbocycles. The summed E-state index contributed by atoms with van der Waals surface area (Å²) in [5.74, 6) is -0.938. The third-order valence-corrected chi connectivity index (χ3v) is 3.74. The number of aromatic nitrogens is 2. The molecular weight excluding hydrogens is 256 g/mol. The largest absolute Gasteiger partial charge is 0.478 e. The van der Waals surface area contributed by atoms with Gasteiger partial charge in [0.25, 0.3) is 0 Å². The quantitative estimate of drug-likeness (QED) is 0.896. The first-order valence-corrected chi connectivity index (χ1v) is 6.74. The van der Waals surface area contributed by atoms with Crippen molar-refractivity contribution in [2.45, 2.75) is 6.54 Å². The minimum atomic E-state index is -0.938. The van der Waals surface area contributed by atoms with E-state index in [9.17, 15) is 9.90 Å². The number of aromatic carboxylic acids is 1. The van der Waals surface area contributed by atoms with Crippen molar-refractivity contribution in [3.63, 3.8) is 0 Å². The molecule has 2 aromatic rings. The number of carboxylic acid groups (broad SMARTS) is 1. The van der Waals surface area contributed by atoms with E-state index in [1.54, 1.807) is 16.5 Å². The van der Waals surface area contributed by atoms with Gasteiger partial charge in [-0.05, 0) is 19.2 Å². The molecule has 1 N–H and O–H groups in total. The Balaban J connectivity index is 1.82. The van der Waals surface area contributed by atoms with Crippen LogP contribution < -0.4 is 0 Å². The van der Waals surface area contributed by atoms with Gasteiger partial charge in [0.15, 0.2) is 5.65 Å². The number of fused-ring (bicyclic) bond motifs is 1. The smallest absolute Gasteiger partial charge is 0.339 e. The molecule has 1 fully saturated rings. The van der Waals surface area contributed by atoms with E-state index >= 15 is 0 Å². The number of likely N-dealkylation sites (N-methyl/N-ethyl adjacent to an activating group) is 1. The molecule has 0 amide bonds. The molecule has 6 heteroatoms. The number of hydrogen-bond donors (Lipinski definition) is 1. The van der Waals surface area contributed by atoms with Gasteiger partial charge in [0.1, 0.15) is 5.56 Å². The lowest BCUT2D eigenvalue weighted by atomic mass is 10.3. The molecule has 3 heterocycles. The highest BCUT2D eigenvalue weighted by Crippen LogP contribution is 2.13. The SMILES string of the molecule is CN1CCN(Cc2cn3cccc(C(=O)O)c3n2)CC1. The normalized spacial score (nSPS) is 17.6. The molecule has 0 unspecified atom stereocenters. The molecular formula is C14H18N4O2. The van der Waals surface area contributed by atoms with Crippen LogP contribution in [0.1, 0.15) is 16.1 Å². The van der Waals surface area contributed by atoms with Crippen molar-refractivity contribution in [1.29, 1.82) is 0 Å². The summed E-state index contributed by atoms with van der Waals surface area (Å²) < 4.78 is 1.79. The van der Waals surface area contributed by atoms with Crippen molar-refractivity contribution in [2.24, 2.45) is 0 Å². The lowest BCUT2D eigenvalue weighted by molar-refractivity contribution is 0.0698. The number of carboxylic acids is 1. The first-order chi connectivity index (χ1) is 9.63. The fraction of sp³-hybridized carbons (Fsp3) is 0.429. The number of imidazole rings is 1. The zero-order chi connectivity index (χ0) is 14.1. The summed E-state index contributed by atoms with van der Waals surface area (Å²) in [5, 5.41) is 9.17. The summed E-state index contributed by atoms with van der Waals surface area (Å²) in [6, 6.07) is 3.32. The number of carbonyl (C=O) groups is 1. The Bertz CT molecular complexity index is 629. The lowest BCUT2D eigenvalue weighted by Crippen LogP contribution is -2.43. The predicted octanol–water partition coefficient (Wildman–Crippen LogP) is 0.780. The molecule has 0 atom stereocenters. The van der Waals surface area contributed by atoms with Gasteiger partial charge in [-0.3, -0.25) is 4.90 Å². The van der Waals surface area contributed by atoms with E-state index in [1.165, 1.54) is 0 Å². The fourth-order valence-corrected chi connectivity index (χ4v) is 2.54. The maximum atomic E-state index is 11.2. The van der Waals surface area contributed by atoms with E-state index in [0.29, 0.717) is 5.65 Å². The van der Waals surface area contributed by atoms with Gasteiger partial charge in [0, 0.05) is 45.1 Å². The summed E-state index contributed by atoms with van der Waals surface area (Å²) in [4.78, 5) is 20.3. The molecule has 3 rings (SSSR count). The Hall–Kier alpha value is -1.92. The van der Waals surface area contributed by atoms with Crippen LogP contribution in [0.5, 0.6) is 0 Å². The standard InChI is InChI=1S/C14H18N4O2/c1-16-5-7-17(8-6-16)9-11-10-18-4-2-3-12(14(19)20)13(18)15-11/h2-4,10H,5-9H2,1H3,(H,19,20). The fourth-order valence-electron chi connectivity index (χ4n) is 2.54. The predicted molar refractivity (Wildman–Crippen MR) is 74.9 cm³/mol. The van der Waals surface area contributed by atoms with Gasteiger partial charge >= 0.3 is 5.97 Å². The summed E-state index contributed by atoms with van der Waals surface area (Å²) >= 11 is 0. The molecule has 106 valence electrons. The van der Waals surface area contributed by atoms with E-state index in [4.69, 9.17) is 0 Å². The maximum Gasteiger partial charge on any atom is 0.339 e. The summed E-state index contributed by atoms with van der Waals surface area (Å²) in [6.07, 6.45) is 3.75. The van der Waals surface area contributed by atoms with Gasteiger partial charge in [-0.15, -0.1) is 0 Å². The van der Waals surface area contributed by atoms with Crippen LogP contribution in [0.3, 0.4) is 0 Å². The molecule has 6 nitrogen and oxygen atoms in total. The van der Waals surface area contributed by atoms with Gasteiger partial charge < -0.3 is 14.4 Å². The third-order valence-electron chi connectivity index (χ3n) is 3.74. The van der Waals surface area contributed by atoms with Gasteiger partial charge in [-0.2, -0.15) is 0 Å². The highest BCUT2D eigenvalue weighted by atomic mass is 16.4. The van der Waals surface area contributed by atoms with E-state index in [1.807, 2.05) is 12.4 Å². The molecule has 0 aliphatic carbocycles. The lowest BCUT2D eigenvalue weighted by Gasteiger charge is -2.31. The summed E-state index contributed by atoms with van der Waals surface area (Å²) in [5.41, 5.74) is 1.68. The Kier molecular flexibility index (Phi) is 3.42. The van der Waals surface area contributed by atoms with Crippen molar-refractivity contribution in [1.82, 2.24) is 19.2 Å². The Morgan fingerprint density at radius 3 is 2.80 bits per heavy atom. The van der Waals surface area contributed by atoms with Crippen LogP contribution in [0.15, 0.2) is 24.5 Å². The average molecular weight is 274 g/mol. The average Bonchev–Trinajstić information content (AvgIpc) is 2.83. The summed E-state index contributed by atoms with van der Waals surface area (Å²) in [6.45, 7) is 4.95. The maximum absolute atomic E-state index is 11.2. The van der Waals surface area contributed by atoms with Gasteiger partial charge in [-0.25, -0.2) is 9.78 Å². The molecule has 1 saturated heterocycles. The monoisotopic (exact) mass is 274 g/mol. The van der Waals surface area contributed by atoms with E-state index in [-0.39, 0.29) is 5.56 Å². The minimum Gasteiger partial charge on any atom is -0.478 e. The zero-order valence-electron chi connectivity index (χ0n) is 11.5. The zero-order valence-corrected chi connectivity index (χ0v) is 11.5. The molecule has 0 saturated carbocycles. The van der Waals surface area contributed by atoms with E-state index in [0.717, 1.165) is 38.4 Å². The van der Waals surface area contributed by atoms with Crippen molar-refractivity contribution in [2.75, 3.05) is 33.2 Å². The number of pyridine rings is 1. The van der Waals surface area contributed by atoms with E-state index in [2.05, 4.69) is 21.8 Å². The first kappa shape index (κ1) is 13.1. The minimum absolute atomic E-state index is 0.247. The molecule has 0 radical (unpaired) electrons. The molecule has 1 aliphatic rings. The van der Waals surface area contributed by atoms with Crippen LogP contribution in [-0.4, -0.2) is 63.5 Å².